The lowest BCUT2D eigenvalue weighted by atomic mass is 9.95. The third kappa shape index (κ3) is 14.1. The van der Waals surface area contributed by atoms with Crippen molar-refractivity contribution < 1.29 is 49.0 Å². The molecule has 18 heteroatoms. The molecule has 51 heavy (non-hydrogen) atoms. The highest BCUT2D eigenvalue weighted by Crippen LogP contribution is 2.32. The Labute approximate surface area is 302 Å². The fourth-order valence-electron chi connectivity index (χ4n) is 5.97. The normalized spacial score (nSPS) is 19.8. The summed E-state index contributed by atoms with van der Waals surface area (Å²) >= 11 is 1.68. The van der Waals surface area contributed by atoms with E-state index in [-0.39, 0.29) is 66.2 Å². The number of aliphatic hydroxyl groups is 2. The predicted molar refractivity (Wildman–Crippen MR) is 188 cm³/mol. The number of carbonyl (C=O) groups excluding carboxylic acids is 4. The molecular weight excluding hydrogens is 684 g/mol. The zero-order chi connectivity index (χ0) is 37.5. The molecule has 6 atom stereocenters. The van der Waals surface area contributed by atoms with Crippen molar-refractivity contribution in [3.05, 3.63) is 23.5 Å². The Morgan fingerprint density at radius 2 is 1.67 bits per heavy atom. The summed E-state index contributed by atoms with van der Waals surface area (Å²) in [5, 5.41) is 53.0. The van der Waals surface area contributed by atoms with Crippen molar-refractivity contribution in [1.82, 2.24) is 26.6 Å². The van der Waals surface area contributed by atoms with Crippen molar-refractivity contribution in [3.8, 4) is 5.75 Å². The largest absolute Gasteiger partial charge is 0.503 e. The van der Waals surface area contributed by atoms with Crippen LogP contribution >= 0.6 is 11.8 Å². The van der Waals surface area contributed by atoms with Crippen LogP contribution in [0.25, 0.3) is 0 Å². The van der Waals surface area contributed by atoms with E-state index >= 15 is 0 Å². The second kappa shape index (κ2) is 21.0. The van der Waals surface area contributed by atoms with Crippen LogP contribution in [0.5, 0.6) is 5.75 Å². The second-order valence-corrected chi connectivity index (χ2v) is 14.6. The molecule has 0 saturated carbocycles. The van der Waals surface area contributed by atoms with Crippen LogP contribution in [0.15, 0.2) is 12.4 Å². The minimum absolute atomic E-state index is 0.0204. The molecule has 286 valence electrons. The fraction of sp³-hybridized carbons (Fsp3) is 0.697. The van der Waals surface area contributed by atoms with Crippen LogP contribution < -0.4 is 42.6 Å². The van der Waals surface area contributed by atoms with Gasteiger partial charge in [-0.3, -0.25) is 19.2 Å². The van der Waals surface area contributed by atoms with Gasteiger partial charge < -0.3 is 58.5 Å². The summed E-state index contributed by atoms with van der Waals surface area (Å²) in [6.07, 6.45) is 5.95. The highest BCUT2D eigenvalue weighted by atomic mass is 32.2. The Balaban J connectivity index is 1.27. The van der Waals surface area contributed by atoms with Gasteiger partial charge in [0.1, 0.15) is 12.6 Å². The summed E-state index contributed by atoms with van der Waals surface area (Å²) in [4.78, 5) is 59.7. The summed E-state index contributed by atoms with van der Waals surface area (Å²) in [6.45, 7) is 3.25. The van der Waals surface area contributed by atoms with Gasteiger partial charge in [-0.25, -0.2) is 9.36 Å². The Kier molecular flexibility index (Phi) is 17.1. The van der Waals surface area contributed by atoms with Crippen molar-refractivity contribution >= 4 is 41.5 Å². The lowest BCUT2D eigenvalue weighted by molar-refractivity contribution is -0.698. The number of unbranched alkanes of at least 4 members (excludes halogenated alkanes) is 2. The van der Waals surface area contributed by atoms with Gasteiger partial charge in [0.25, 0.3) is 0 Å². The molecule has 3 rings (SSSR count). The quantitative estimate of drug-likeness (QED) is 0.0254. The molecule has 3 heterocycles. The van der Waals surface area contributed by atoms with Gasteiger partial charge >= 0.3 is 12.0 Å². The molecule has 2 fully saturated rings. The van der Waals surface area contributed by atoms with E-state index in [1.54, 1.807) is 29.4 Å². The number of rotatable bonds is 23. The summed E-state index contributed by atoms with van der Waals surface area (Å²) in [5.74, 6) is -1.55. The first-order valence-electron chi connectivity index (χ1n) is 17.6. The van der Waals surface area contributed by atoms with Crippen LogP contribution in [0.2, 0.25) is 0 Å². The number of aromatic nitrogens is 1. The molecule has 0 aliphatic carbocycles. The topological polar surface area (TPSA) is 282 Å². The van der Waals surface area contributed by atoms with Crippen molar-refractivity contribution in [2.75, 3.05) is 25.4 Å². The number of pyridine rings is 1. The average molecular weight is 740 g/mol. The van der Waals surface area contributed by atoms with Crippen LogP contribution in [-0.4, -0.2) is 111 Å². The summed E-state index contributed by atoms with van der Waals surface area (Å²) in [7, 11) is 0. The lowest BCUT2D eigenvalue weighted by Crippen LogP contribution is -2.42. The number of nitrogens with zero attached hydrogens (tertiary/aromatic N) is 1. The predicted octanol–water partition coefficient (Wildman–Crippen LogP) is -1.91. The van der Waals surface area contributed by atoms with Gasteiger partial charge in [-0.15, -0.1) is 0 Å². The molecule has 1 aromatic heterocycles. The number of aliphatic hydroxyl groups excluding tert-OH is 1. The molecule has 17 nitrogen and oxygen atoms in total. The second-order valence-electron chi connectivity index (χ2n) is 13.3. The molecule has 0 aromatic carbocycles. The third-order valence-electron chi connectivity index (χ3n) is 9.17. The number of thioether (sulfide) groups is 1. The molecule has 2 aliphatic heterocycles. The highest BCUT2D eigenvalue weighted by molar-refractivity contribution is 8.00. The molecule has 5 amide bonds. The fourth-order valence-corrected chi connectivity index (χ4v) is 7.45. The number of carboxylic acid groups (broad SMARTS) is 1. The van der Waals surface area contributed by atoms with Gasteiger partial charge in [0.15, 0.2) is 18.2 Å². The molecule has 6 unspecified atom stereocenters. The number of aryl methyl sites for hydroxylation is 2. The Morgan fingerprint density at radius 1 is 0.961 bits per heavy atom. The van der Waals surface area contributed by atoms with Crippen LogP contribution in [0, 0.1) is 5.92 Å². The maximum Gasteiger partial charge on any atom is 0.320 e. The van der Waals surface area contributed by atoms with Crippen LogP contribution in [0.3, 0.4) is 0 Å². The third-order valence-corrected chi connectivity index (χ3v) is 10.6. The van der Waals surface area contributed by atoms with E-state index < -0.39 is 30.3 Å². The summed E-state index contributed by atoms with van der Waals surface area (Å²) in [5.41, 5.74) is 12.8. The Morgan fingerprint density at radius 3 is 2.35 bits per heavy atom. The number of hydrogen-bond acceptors (Lipinski definition) is 11. The number of carbonyl (C=O) groups is 5. The summed E-state index contributed by atoms with van der Waals surface area (Å²) in [6, 6.07) is -2.09. The van der Waals surface area contributed by atoms with Gasteiger partial charge in [-0.2, -0.15) is 11.8 Å². The van der Waals surface area contributed by atoms with Crippen molar-refractivity contribution in [2.45, 2.75) is 113 Å². The highest BCUT2D eigenvalue weighted by Gasteiger charge is 2.43. The maximum atomic E-state index is 12.4. The van der Waals surface area contributed by atoms with Crippen molar-refractivity contribution in [3.63, 3.8) is 0 Å². The molecule has 2 saturated heterocycles. The standard InChI is InChI=1S/C33H54N8O9S/c1-19(31(46)47)7-8-20-16-41(17-25(42)21(20)14-23(35)32(48)49)13-5-2-6-22(34)30(45)38-12-9-27(43)36-10-3-4-11-37-28(44)15-26-29-24(18-51-26)39-33(50)40-29/h16-17,19,22-24,26,29,31,46-47H,2-15,18,34-35H2,1H3,(H6-,36,37,38,39,40,42,43,44,45,48,49,50)/p+1. The van der Waals surface area contributed by atoms with E-state index in [2.05, 4.69) is 26.6 Å². The SMILES string of the molecule is CC(CCc1c[n+](CCCCC(N)C(=O)NCCC(=O)NCCCCNC(=O)CC2SCC3NC(=O)NC32)cc(O)c1CC(N)C(=O)O)C(O)O. The first-order chi connectivity index (χ1) is 24.2. The molecule has 0 radical (unpaired) electrons. The van der Waals surface area contributed by atoms with E-state index in [9.17, 15) is 44.4 Å². The number of aliphatic carboxylic acids is 1. The number of urea groups is 1. The minimum atomic E-state index is -1.50. The van der Waals surface area contributed by atoms with E-state index in [4.69, 9.17) is 11.5 Å². The molecule has 2 aliphatic rings. The van der Waals surface area contributed by atoms with E-state index in [1.807, 2.05) is 0 Å². The number of nitrogens with one attached hydrogen (secondary N) is 5. The zero-order valence-electron chi connectivity index (χ0n) is 29.1. The average Bonchev–Trinajstić information content (AvgIpc) is 3.63. The number of carboxylic acids is 1. The van der Waals surface area contributed by atoms with Crippen LogP contribution in [-0.2, 0) is 38.6 Å². The van der Waals surface area contributed by atoms with E-state index in [0.29, 0.717) is 82.1 Å². The molecule has 1 aromatic rings. The number of aromatic hydroxyl groups is 1. The molecule has 0 spiro atoms. The Hall–Kier alpha value is -3.71. The molecule has 0 bridgehead atoms. The first kappa shape index (κ1) is 41.7. The molecule has 13 N–H and O–H groups in total. The van der Waals surface area contributed by atoms with E-state index in [1.165, 1.54) is 6.20 Å². The van der Waals surface area contributed by atoms with Gasteiger partial charge in [0, 0.05) is 73.4 Å². The first-order valence-corrected chi connectivity index (χ1v) is 18.6. The van der Waals surface area contributed by atoms with Gasteiger partial charge in [-0.1, -0.05) is 6.92 Å². The monoisotopic (exact) mass is 739 g/mol. The van der Waals surface area contributed by atoms with E-state index in [0.717, 1.165) is 5.75 Å². The van der Waals surface area contributed by atoms with Gasteiger partial charge in [0.2, 0.25) is 23.9 Å². The number of fused-ring (bicyclic) bond motifs is 1. The number of amides is 5. The van der Waals surface area contributed by atoms with Gasteiger partial charge in [-0.05, 0) is 38.5 Å². The smallest absolute Gasteiger partial charge is 0.320 e. The van der Waals surface area contributed by atoms with Gasteiger partial charge in [0.05, 0.1) is 18.1 Å². The maximum absolute atomic E-state index is 12.4. The number of nitrogens with two attached hydrogens (primary N) is 2. The van der Waals surface area contributed by atoms with Crippen LogP contribution in [0.4, 0.5) is 4.79 Å². The lowest BCUT2D eigenvalue weighted by Gasteiger charge is -2.16. The minimum Gasteiger partial charge on any atom is -0.503 e. The van der Waals surface area contributed by atoms with Crippen LogP contribution in [0.1, 0.15) is 69.4 Å². The molecular formula is C33H55N8O9S+. The zero-order valence-corrected chi connectivity index (χ0v) is 30.0. The van der Waals surface area contributed by atoms with Crippen molar-refractivity contribution in [2.24, 2.45) is 17.4 Å². The van der Waals surface area contributed by atoms with Crippen molar-refractivity contribution in [1.29, 1.82) is 0 Å². The Bertz CT molecular complexity index is 1350. The summed E-state index contributed by atoms with van der Waals surface area (Å²) < 4.78 is 1.77. The number of hydrogen-bond donors (Lipinski definition) is 11.